The van der Waals surface area contributed by atoms with Gasteiger partial charge in [-0.1, -0.05) is 25.3 Å². The van der Waals surface area contributed by atoms with E-state index in [0.717, 1.165) is 31.7 Å². The van der Waals surface area contributed by atoms with Crippen LogP contribution in [0.15, 0.2) is 24.4 Å². The summed E-state index contributed by atoms with van der Waals surface area (Å²) in [4.78, 5) is 32.4. The molecule has 1 aromatic rings. The van der Waals surface area contributed by atoms with Gasteiger partial charge in [0.15, 0.2) is 0 Å². The lowest BCUT2D eigenvalue weighted by Crippen LogP contribution is -2.50. The molecular weight excluding hydrogens is 332 g/mol. The van der Waals surface area contributed by atoms with E-state index < -0.39 is 0 Å². The zero-order valence-electron chi connectivity index (χ0n) is 15.2. The van der Waals surface area contributed by atoms with Crippen molar-refractivity contribution in [3.63, 3.8) is 0 Å². The molecule has 1 N–H and O–H groups in total. The summed E-state index contributed by atoms with van der Waals surface area (Å²) in [6, 6.07) is 6.11. The number of aromatic nitrogens is 1. The van der Waals surface area contributed by atoms with Crippen LogP contribution in [0.1, 0.15) is 32.1 Å². The van der Waals surface area contributed by atoms with Gasteiger partial charge in [0, 0.05) is 38.4 Å². The van der Waals surface area contributed by atoms with Crippen LogP contribution in [-0.4, -0.2) is 67.1 Å². The third-order valence-corrected chi connectivity index (χ3v) is 5.03. The van der Waals surface area contributed by atoms with E-state index in [1.807, 2.05) is 18.2 Å². The standard InChI is InChI=1S/C19H28N4O3/c24-18(21-16-6-2-1-3-7-16)14-26-15-19(25)23-12-10-22(11-13-23)17-8-4-5-9-20-17/h4-5,8-9,16H,1-3,6-7,10-15H2,(H,21,24). The number of pyridine rings is 1. The number of carbonyl (C=O) groups is 2. The molecule has 0 aromatic carbocycles. The molecule has 1 saturated heterocycles. The molecule has 2 amide bonds. The van der Waals surface area contributed by atoms with E-state index in [1.165, 1.54) is 19.3 Å². The number of nitrogens with zero attached hydrogens (tertiary/aromatic N) is 3. The lowest BCUT2D eigenvalue weighted by atomic mass is 9.95. The van der Waals surface area contributed by atoms with Gasteiger partial charge in [-0.05, 0) is 25.0 Å². The first kappa shape index (κ1) is 18.6. The average molecular weight is 360 g/mol. The maximum Gasteiger partial charge on any atom is 0.248 e. The molecule has 2 heterocycles. The Morgan fingerprint density at radius 2 is 1.85 bits per heavy atom. The fourth-order valence-electron chi connectivity index (χ4n) is 3.56. The molecule has 1 aliphatic heterocycles. The SMILES string of the molecule is O=C(COCC(=O)N1CCN(c2ccccn2)CC1)NC1CCCCC1. The molecule has 1 saturated carbocycles. The predicted molar refractivity (Wildman–Crippen MR) is 98.9 cm³/mol. The highest BCUT2D eigenvalue weighted by molar-refractivity contribution is 5.80. The Balaban J connectivity index is 1.32. The van der Waals surface area contributed by atoms with Crippen LogP contribution in [0.5, 0.6) is 0 Å². The van der Waals surface area contributed by atoms with Crippen molar-refractivity contribution in [2.75, 3.05) is 44.3 Å². The van der Waals surface area contributed by atoms with E-state index in [2.05, 4.69) is 15.2 Å². The number of piperazine rings is 1. The first-order valence-electron chi connectivity index (χ1n) is 9.53. The second-order valence-electron chi connectivity index (χ2n) is 6.95. The summed E-state index contributed by atoms with van der Waals surface area (Å²) in [5.41, 5.74) is 0. The molecule has 1 aliphatic carbocycles. The van der Waals surface area contributed by atoms with Gasteiger partial charge in [0.2, 0.25) is 11.8 Å². The van der Waals surface area contributed by atoms with Crippen LogP contribution in [0.2, 0.25) is 0 Å². The van der Waals surface area contributed by atoms with Crippen molar-refractivity contribution < 1.29 is 14.3 Å². The molecule has 2 aliphatic rings. The van der Waals surface area contributed by atoms with Gasteiger partial charge in [-0.15, -0.1) is 0 Å². The lowest BCUT2D eigenvalue weighted by molar-refractivity contribution is -0.138. The van der Waals surface area contributed by atoms with E-state index >= 15 is 0 Å². The number of anilines is 1. The van der Waals surface area contributed by atoms with Gasteiger partial charge < -0.3 is 19.9 Å². The quantitative estimate of drug-likeness (QED) is 0.825. The Kier molecular flexibility index (Phi) is 6.82. The molecular formula is C19H28N4O3. The maximum absolute atomic E-state index is 12.2. The minimum Gasteiger partial charge on any atom is -0.362 e. The van der Waals surface area contributed by atoms with Crippen molar-refractivity contribution in [2.45, 2.75) is 38.1 Å². The Hall–Kier alpha value is -2.15. The number of ether oxygens (including phenoxy) is 1. The second-order valence-corrected chi connectivity index (χ2v) is 6.95. The van der Waals surface area contributed by atoms with Crippen LogP contribution >= 0.6 is 0 Å². The van der Waals surface area contributed by atoms with E-state index in [9.17, 15) is 9.59 Å². The van der Waals surface area contributed by atoms with Gasteiger partial charge >= 0.3 is 0 Å². The minimum absolute atomic E-state index is 0.0400. The Morgan fingerprint density at radius 1 is 1.08 bits per heavy atom. The molecule has 26 heavy (non-hydrogen) atoms. The number of hydrogen-bond donors (Lipinski definition) is 1. The van der Waals surface area contributed by atoms with Crippen LogP contribution in [-0.2, 0) is 14.3 Å². The number of nitrogens with one attached hydrogen (secondary N) is 1. The molecule has 0 spiro atoms. The zero-order chi connectivity index (χ0) is 18.2. The lowest BCUT2D eigenvalue weighted by Gasteiger charge is -2.35. The number of amides is 2. The molecule has 2 fully saturated rings. The Bertz CT molecular complexity index is 582. The van der Waals surface area contributed by atoms with Gasteiger partial charge in [0.25, 0.3) is 0 Å². The van der Waals surface area contributed by atoms with Gasteiger partial charge in [-0.3, -0.25) is 9.59 Å². The van der Waals surface area contributed by atoms with Gasteiger partial charge in [0.05, 0.1) is 0 Å². The van der Waals surface area contributed by atoms with Gasteiger partial charge in [-0.2, -0.15) is 0 Å². The van der Waals surface area contributed by atoms with Gasteiger partial charge in [-0.25, -0.2) is 4.98 Å². The minimum atomic E-state index is -0.121. The largest absolute Gasteiger partial charge is 0.362 e. The number of hydrogen-bond acceptors (Lipinski definition) is 5. The maximum atomic E-state index is 12.2. The highest BCUT2D eigenvalue weighted by Crippen LogP contribution is 2.17. The second kappa shape index (κ2) is 9.52. The number of rotatable bonds is 6. The van der Waals surface area contributed by atoms with Crippen LogP contribution in [0.4, 0.5) is 5.82 Å². The van der Waals surface area contributed by atoms with Crippen LogP contribution in [0, 0.1) is 0 Å². The number of carbonyl (C=O) groups excluding carboxylic acids is 2. The smallest absolute Gasteiger partial charge is 0.248 e. The summed E-state index contributed by atoms with van der Waals surface area (Å²) >= 11 is 0. The summed E-state index contributed by atoms with van der Waals surface area (Å²) in [5.74, 6) is 0.760. The normalized spacial score (nSPS) is 18.6. The van der Waals surface area contributed by atoms with Crippen molar-refractivity contribution in [2.24, 2.45) is 0 Å². The predicted octanol–water partition coefficient (Wildman–Crippen LogP) is 1.20. The summed E-state index contributed by atoms with van der Waals surface area (Å²) in [6.07, 6.45) is 7.48. The average Bonchev–Trinajstić information content (AvgIpc) is 2.69. The van der Waals surface area contributed by atoms with E-state index in [4.69, 9.17) is 4.74 Å². The molecule has 0 unspecified atom stereocenters. The summed E-state index contributed by atoms with van der Waals surface area (Å²) in [6.45, 7) is 2.72. The third-order valence-electron chi connectivity index (χ3n) is 5.03. The fraction of sp³-hybridized carbons (Fsp3) is 0.632. The van der Waals surface area contributed by atoms with Crippen molar-refractivity contribution >= 4 is 17.6 Å². The van der Waals surface area contributed by atoms with Crippen LogP contribution in [0.3, 0.4) is 0 Å². The van der Waals surface area contributed by atoms with Crippen molar-refractivity contribution in [1.82, 2.24) is 15.2 Å². The molecule has 0 radical (unpaired) electrons. The highest BCUT2D eigenvalue weighted by Gasteiger charge is 2.22. The van der Waals surface area contributed by atoms with Gasteiger partial charge in [0.1, 0.15) is 19.0 Å². The van der Waals surface area contributed by atoms with E-state index in [1.54, 1.807) is 11.1 Å². The molecule has 1 aromatic heterocycles. The highest BCUT2D eigenvalue weighted by atomic mass is 16.5. The van der Waals surface area contributed by atoms with Crippen molar-refractivity contribution in [1.29, 1.82) is 0 Å². The van der Waals surface area contributed by atoms with E-state index in [0.29, 0.717) is 13.1 Å². The van der Waals surface area contributed by atoms with Crippen molar-refractivity contribution in [3.05, 3.63) is 24.4 Å². The van der Waals surface area contributed by atoms with Crippen LogP contribution in [0.25, 0.3) is 0 Å². The first-order chi connectivity index (χ1) is 12.7. The summed E-state index contributed by atoms with van der Waals surface area (Å²) in [7, 11) is 0. The topological polar surface area (TPSA) is 74.8 Å². The van der Waals surface area contributed by atoms with Crippen molar-refractivity contribution in [3.8, 4) is 0 Å². The van der Waals surface area contributed by atoms with E-state index in [-0.39, 0.29) is 31.1 Å². The third kappa shape index (κ3) is 5.42. The Morgan fingerprint density at radius 3 is 2.54 bits per heavy atom. The molecule has 7 heteroatoms. The van der Waals surface area contributed by atoms with Crippen LogP contribution < -0.4 is 10.2 Å². The molecule has 142 valence electrons. The monoisotopic (exact) mass is 360 g/mol. The Labute approximate surface area is 154 Å². The summed E-state index contributed by atoms with van der Waals surface area (Å²) < 4.78 is 5.33. The zero-order valence-corrected chi connectivity index (χ0v) is 15.2. The molecule has 0 atom stereocenters. The first-order valence-corrected chi connectivity index (χ1v) is 9.53. The summed E-state index contributed by atoms with van der Waals surface area (Å²) in [5, 5.41) is 2.99. The fourth-order valence-corrected chi connectivity index (χ4v) is 3.56. The molecule has 7 nitrogen and oxygen atoms in total. The molecule has 3 rings (SSSR count). The molecule has 0 bridgehead atoms.